The molecule has 3 N–H and O–H groups in total. The van der Waals surface area contributed by atoms with Gasteiger partial charge in [0.15, 0.2) is 0 Å². The van der Waals surface area contributed by atoms with Crippen molar-refractivity contribution in [1.29, 1.82) is 0 Å². The van der Waals surface area contributed by atoms with Crippen molar-refractivity contribution in [2.75, 3.05) is 6.54 Å². The first kappa shape index (κ1) is 15.0. The topological polar surface area (TPSA) is 82.2 Å². The molecule has 5 nitrogen and oxygen atoms in total. The van der Waals surface area contributed by atoms with Crippen LogP contribution in [0, 0.1) is 18.2 Å². The zero-order valence-electron chi connectivity index (χ0n) is 12.1. The summed E-state index contributed by atoms with van der Waals surface area (Å²) in [6, 6.07) is 4.35. The summed E-state index contributed by atoms with van der Waals surface area (Å²) in [5.41, 5.74) is 0.491. The van der Waals surface area contributed by atoms with Crippen LogP contribution in [0.3, 0.4) is 0 Å². The summed E-state index contributed by atoms with van der Waals surface area (Å²) < 4.78 is 13.3. The third-order valence-corrected chi connectivity index (χ3v) is 3.42. The standard InChI is InChI=1S/C15H17FN2O3/c1-8-4-9(16)5-11-10(8)6-12(18-11)13(19)17-7-15(2,3)14(20)21/h4-6,18H,7H2,1-3H3,(H,17,19)(H,20,21). The van der Waals surface area contributed by atoms with Crippen LogP contribution < -0.4 is 5.32 Å². The van der Waals surface area contributed by atoms with Crippen LogP contribution in [0.1, 0.15) is 29.9 Å². The molecule has 0 saturated carbocycles. The number of carboxylic acids is 1. The minimum atomic E-state index is -1.05. The number of benzene rings is 1. The molecule has 1 heterocycles. The lowest BCUT2D eigenvalue weighted by atomic mass is 9.94. The second-order valence-electron chi connectivity index (χ2n) is 5.74. The molecule has 0 spiro atoms. The zero-order valence-corrected chi connectivity index (χ0v) is 12.1. The van der Waals surface area contributed by atoms with E-state index in [0.717, 1.165) is 10.9 Å². The van der Waals surface area contributed by atoms with Gasteiger partial charge in [-0.15, -0.1) is 0 Å². The summed E-state index contributed by atoms with van der Waals surface area (Å²) >= 11 is 0. The van der Waals surface area contributed by atoms with E-state index < -0.39 is 17.3 Å². The number of H-pyrrole nitrogens is 1. The summed E-state index contributed by atoms with van der Waals surface area (Å²) in [5, 5.41) is 12.3. The Labute approximate surface area is 121 Å². The average Bonchev–Trinajstić information content (AvgIpc) is 2.80. The van der Waals surface area contributed by atoms with Gasteiger partial charge in [-0.1, -0.05) is 0 Å². The van der Waals surface area contributed by atoms with Crippen LogP contribution in [0.15, 0.2) is 18.2 Å². The Balaban J connectivity index is 2.21. The molecule has 21 heavy (non-hydrogen) atoms. The monoisotopic (exact) mass is 292 g/mol. The van der Waals surface area contributed by atoms with E-state index >= 15 is 0 Å². The van der Waals surface area contributed by atoms with Gasteiger partial charge in [-0.3, -0.25) is 9.59 Å². The van der Waals surface area contributed by atoms with E-state index in [-0.39, 0.29) is 18.1 Å². The lowest BCUT2D eigenvalue weighted by molar-refractivity contribution is -0.146. The molecule has 112 valence electrons. The van der Waals surface area contributed by atoms with Gasteiger partial charge in [-0.2, -0.15) is 0 Å². The first-order valence-corrected chi connectivity index (χ1v) is 6.51. The summed E-state index contributed by atoms with van der Waals surface area (Å²) in [5.74, 6) is -1.78. The number of carbonyl (C=O) groups excluding carboxylic acids is 1. The Morgan fingerprint density at radius 3 is 2.62 bits per heavy atom. The minimum Gasteiger partial charge on any atom is -0.481 e. The van der Waals surface area contributed by atoms with Gasteiger partial charge in [0, 0.05) is 17.4 Å². The highest BCUT2D eigenvalue weighted by molar-refractivity contribution is 5.99. The Bertz CT molecular complexity index is 719. The third kappa shape index (κ3) is 3.04. The first-order chi connectivity index (χ1) is 9.70. The molecular formula is C15H17FN2O3. The number of hydrogen-bond donors (Lipinski definition) is 3. The van der Waals surface area contributed by atoms with Crippen molar-refractivity contribution in [2.45, 2.75) is 20.8 Å². The molecule has 0 aliphatic rings. The number of fused-ring (bicyclic) bond motifs is 1. The van der Waals surface area contributed by atoms with E-state index in [2.05, 4.69) is 10.3 Å². The highest BCUT2D eigenvalue weighted by Gasteiger charge is 2.27. The summed E-state index contributed by atoms with van der Waals surface area (Å²) in [4.78, 5) is 25.9. The number of hydrogen-bond acceptors (Lipinski definition) is 2. The Hall–Kier alpha value is -2.37. The molecule has 1 amide bonds. The van der Waals surface area contributed by atoms with Gasteiger partial charge >= 0.3 is 5.97 Å². The number of aromatic amines is 1. The smallest absolute Gasteiger partial charge is 0.310 e. The van der Waals surface area contributed by atoms with Gasteiger partial charge in [0.2, 0.25) is 0 Å². The molecule has 2 aromatic rings. The number of aryl methyl sites for hydroxylation is 1. The van der Waals surface area contributed by atoms with Crippen molar-refractivity contribution in [3.8, 4) is 0 Å². The molecule has 0 saturated heterocycles. The molecular weight excluding hydrogens is 275 g/mol. The van der Waals surface area contributed by atoms with E-state index in [1.807, 2.05) is 0 Å². The van der Waals surface area contributed by atoms with Crippen LogP contribution in [0.4, 0.5) is 4.39 Å². The molecule has 1 aromatic heterocycles. The number of nitrogens with one attached hydrogen (secondary N) is 2. The summed E-state index contributed by atoms with van der Waals surface area (Å²) in [7, 11) is 0. The van der Waals surface area contributed by atoms with Crippen LogP contribution in [0.2, 0.25) is 0 Å². The molecule has 6 heteroatoms. The lowest BCUT2D eigenvalue weighted by Crippen LogP contribution is -2.39. The van der Waals surface area contributed by atoms with Crippen LogP contribution in [-0.2, 0) is 4.79 Å². The molecule has 0 atom stereocenters. The number of carbonyl (C=O) groups is 2. The van der Waals surface area contributed by atoms with E-state index in [4.69, 9.17) is 5.11 Å². The lowest BCUT2D eigenvalue weighted by Gasteiger charge is -2.19. The maximum Gasteiger partial charge on any atom is 0.310 e. The van der Waals surface area contributed by atoms with Crippen molar-refractivity contribution in [2.24, 2.45) is 5.41 Å². The fourth-order valence-electron chi connectivity index (χ4n) is 1.97. The number of rotatable bonds is 4. The Morgan fingerprint density at radius 1 is 1.33 bits per heavy atom. The molecule has 0 aliphatic carbocycles. The van der Waals surface area contributed by atoms with E-state index in [9.17, 15) is 14.0 Å². The Kier molecular flexibility index (Phi) is 3.72. The molecule has 0 radical (unpaired) electrons. The number of aliphatic carboxylic acids is 1. The van der Waals surface area contributed by atoms with Crippen LogP contribution in [-0.4, -0.2) is 28.5 Å². The SMILES string of the molecule is Cc1cc(F)cc2[nH]c(C(=O)NCC(C)(C)C(=O)O)cc12. The van der Waals surface area contributed by atoms with Crippen molar-refractivity contribution < 1.29 is 19.1 Å². The predicted molar refractivity (Wildman–Crippen MR) is 76.7 cm³/mol. The van der Waals surface area contributed by atoms with Crippen LogP contribution in [0.5, 0.6) is 0 Å². The maximum absolute atomic E-state index is 13.3. The van der Waals surface area contributed by atoms with Gasteiger partial charge in [-0.25, -0.2) is 4.39 Å². The number of halogens is 1. The van der Waals surface area contributed by atoms with Gasteiger partial charge in [-0.05, 0) is 44.5 Å². The van der Waals surface area contributed by atoms with Crippen molar-refractivity contribution in [3.05, 3.63) is 35.3 Å². The number of amides is 1. The highest BCUT2D eigenvalue weighted by atomic mass is 19.1. The Morgan fingerprint density at radius 2 is 2.00 bits per heavy atom. The molecule has 0 bridgehead atoms. The van der Waals surface area contributed by atoms with E-state index in [0.29, 0.717) is 5.52 Å². The first-order valence-electron chi connectivity index (χ1n) is 6.51. The predicted octanol–water partition coefficient (Wildman–Crippen LogP) is 2.46. The second kappa shape index (κ2) is 5.20. The second-order valence-corrected chi connectivity index (χ2v) is 5.74. The normalized spacial score (nSPS) is 11.6. The van der Waals surface area contributed by atoms with Crippen molar-refractivity contribution in [1.82, 2.24) is 10.3 Å². The fraction of sp³-hybridized carbons (Fsp3) is 0.333. The molecule has 0 aliphatic heterocycles. The van der Waals surface area contributed by atoms with Gasteiger partial charge < -0.3 is 15.4 Å². The largest absolute Gasteiger partial charge is 0.481 e. The molecule has 0 fully saturated rings. The van der Waals surface area contributed by atoms with E-state index in [1.165, 1.54) is 26.0 Å². The van der Waals surface area contributed by atoms with Crippen LogP contribution in [0.25, 0.3) is 10.9 Å². The molecule has 1 aromatic carbocycles. The average molecular weight is 292 g/mol. The van der Waals surface area contributed by atoms with Crippen molar-refractivity contribution in [3.63, 3.8) is 0 Å². The van der Waals surface area contributed by atoms with Gasteiger partial charge in [0.25, 0.3) is 5.91 Å². The minimum absolute atomic E-state index is 0.00384. The zero-order chi connectivity index (χ0) is 15.8. The quantitative estimate of drug-likeness (QED) is 0.809. The molecule has 2 rings (SSSR count). The van der Waals surface area contributed by atoms with E-state index in [1.54, 1.807) is 13.0 Å². The van der Waals surface area contributed by atoms with Gasteiger partial charge in [0.1, 0.15) is 11.5 Å². The number of aromatic nitrogens is 1. The fourth-order valence-corrected chi connectivity index (χ4v) is 1.97. The summed E-state index contributed by atoms with van der Waals surface area (Å²) in [6.45, 7) is 4.82. The number of carboxylic acid groups (broad SMARTS) is 1. The van der Waals surface area contributed by atoms with Crippen molar-refractivity contribution >= 4 is 22.8 Å². The molecule has 0 unspecified atom stereocenters. The summed E-state index contributed by atoms with van der Waals surface area (Å²) in [6.07, 6.45) is 0. The van der Waals surface area contributed by atoms with Gasteiger partial charge in [0.05, 0.1) is 5.41 Å². The highest BCUT2D eigenvalue weighted by Crippen LogP contribution is 2.21. The third-order valence-electron chi connectivity index (χ3n) is 3.42. The van der Waals surface area contributed by atoms with Crippen LogP contribution >= 0.6 is 0 Å². The maximum atomic E-state index is 13.3.